The summed E-state index contributed by atoms with van der Waals surface area (Å²) in [5, 5.41) is 8.82. The molecule has 0 fully saturated rings. The SMILES string of the molecule is Cc1ccc([C@@H](C)CCO)cc1C. The maximum Gasteiger partial charge on any atom is 0.0436 e. The van der Waals surface area contributed by atoms with E-state index in [4.69, 9.17) is 5.11 Å². The second-order valence-corrected chi connectivity index (χ2v) is 3.76. The Kier molecular flexibility index (Phi) is 3.49. The zero-order valence-corrected chi connectivity index (χ0v) is 8.67. The number of hydrogen-bond donors (Lipinski definition) is 1. The van der Waals surface area contributed by atoms with Crippen molar-refractivity contribution in [1.82, 2.24) is 0 Å². The maximum atomic E-state index is 8.82. The molecule has 0 saturated heterocycles. The maximum absolute atomic E-state index is 8.82. The van der Waals surface area contributed by atoms with Crippen molar-refractivity contribution in [1.29, 1.82) is 0 Å². The van der Waals surface area contributed by atoms with E-state index < -0.39 is 0 Å². The summed E-state index contributed by atoms with van der Waals surface area (Å²) in [6.07, 6.45) is 0.850. The number of hydrogen-bond acceptors (Lipinski definition) is 1. The van der Waals surface area contributed by atoms with Crippen molar-refractivity contribution >= 4 is 0 Å². The number of rotatable bonds is 3. The van der Waals surface area contributed by atoms with Crippen LogP contribution in [0.5, 0.6) is 0 Å². The van der Waals surface area contributed by atoms with Crippen LogP contribution in [0.25, 0.3) is 0 Å². The molecule has 0 aromatic heterocycles. The second kappa shape index (κ2) is 4.43. The topological polar surface area (TPSA) is 20.2 Å². The Hall–Kier alpha value is -0.820. The Morgan fingerprint density at radius 1 is 1.23 bits per heavy atom. The highest BCUT2D eigenvalue weighted by Crippen LogP contribution is 2.20. The van der Waals surface area contributed by atoms with Gasteiger partial charge in [0.05, 0.1) is 0 Å². The highest BCUT2D eigenvalue weighted by molar-refractivity contribution is 5.31. The summed E-state index contributed by atoms with van der Waals surface area (Å²) in [7, 11) is 0. The fourth-order valence-corrected chi connectivity index (χ4v) is 1.43. The lowest BCUT2D eigenvalue weighted by Gasteiger charge is -2.11. The molecule has 0 amide bonds. The van der Waals surface area contributed by atoms with Gasteiger partial charge in [-0.25, -0.2) is 0 Å². The van der Waals surface area contributed by atoms with Crippen LogP contribution >= 0.6 is 0 Å². The molecular weight excluding hydrogens is 160 g/mol. The van der Waals surface area contributed by atoms with E-state index in [9.17, 15) is 0 Å². The van der Waals surface area contributed by atoms with Gasteiger partial charge in [0.1, 0.15) is 0 Å². The number of benzene rings is 1. The van der Waals surface area contributed by atoms with Gasteiger partial charge in [0.15, 0.2) is 0 Å². The monoisotopic (exact) mass is 178 g/mol. The van der Waals surface area contributed by atoms with Crippen LogP contribution in [0.4, 0.5) is 0 Å². The normalized spacial score (nSPS) is 12.9. The molecule has 1 aromatic rings. The summed E-state index contributed by atoms with van der Waals surface area (Å²) in [6, 6.07) is 6.52. The van der Waals surface area contributed by atoms with Crippen LogP contribution < -0.4 is 0 Å². The van der Waals surface area contributed by atoms with Crippen LogP contribution in [0.3, 0.4) is 0 Å². The van der Waals surface area contributed by atoms with E-state index in [1.54, 1.807) is 0 Å². The molecule has 1 heteroatoms. The van der Waals surface area contributed by atoms with Crippen molar-refractivity contribution in [2.45, 2.75) is 33.1 Å². The molecule has 1 N–H and O–H groups in total. The molecule has 0 unspecified atom stereocenters. The average molecular weight is 178 g/mol. The molecule has 72 valence electrons. The van der Waals surface area contributed by atoms with E-state index in [-0.39, 0.29) is 6.61 Å². The Morgan fingerprint density at radius 2 is 1.92 bits per heavy atom. The predicted molar refractivity (Wildman–Crippen MR) is 56.0 cm³/mol. The van der Waals surface area contributed by atoms with E-state index in [1.165, 1.54) is 16.7 Å². The predicted octanol–water partition coefficient (Wildman–Crippen LogP) is 2.79. The van der Waals surface area contributed by atoms with Gasteiger partial charge in [-0.15, -0.1) is 0 Å². The smallest absolute Gasteiger partial charge is 0.0436 e. The summed E-state index contributed by atoms with van der Waals surface area (Å²) in [6.45, 7) is 6.68. The minimum atomic E-state index is 0.272. The van der Waals surface area contributed by atoms with E-state index in [2.05, 4.69) is 39.0 Å². The summed E-state index contributed by atoms with van der Waals surface area (Å²) in [5.74, 6) is 0.462. The van der Waals surface area contributed by atoms with Crippen molar-refractivity contribution in [3.8, 4) is 0 Å². The molecule has 1 atom stereocenters. The van der Waals surface area contributed by atoms with Crippen LogP contribution in [-0.2, 0) is 0 Å². The van der Waals surface area contributed by atoms with Gasteiger partial charge in [-0.05, 0) is 42.9 Å². The van der Waals surface area contributed by atoms with Gasteiger partial charge in [-0.1, -0.05) is 25.1 Å². The lowest BCUT2D eigenvalue weighted by Crippen LogP contribution is -1.97. The third-order valence-corrected chi connectivity index (χ3v) is 2.66. The first-order chi connectivity index (χ1) is 6.15. The third kappa shape index (κ3) is 2.56. The Labute approximate surface area is 80.4 Å². The first-order valence-corrected chi connectivity index (χ1v) is 4.83. The van der Waals surface area contributed by atoms with Gasteiger partial charge in [-0.3, -0.25) is 0 Å². The van der Waals surface area contributed by atoms with Gasteiger partial charge in [0, 0.05) is 6.61 Å². The fraction of sp³-hybridized carbons (Fsp3) is 0.500. The summed E-state index contributed by atoms with van der Waals surface area (Å²) < 4.78 is 0. The molecular formula is C12H18O. The summed E-state index contributed by atoms with van der Waals surface area (Å²) in [5.41, 5.74) is 4.00. The highest BCUT2D eigenvalue weighted by atomic mass is 16.3. The molecule has 0 aliphatic heterocycles. The molecule has 1 nitrogen and oxygen atoms in total. The summed E-state index contributed by atoms with van der Waals surface area (Å²) >= 11 is 0. The van der Waals surface area contributed by atoms with Gasteiger partial charge >= 0.3 is 0 Å². The van der Waals surface area contributed by atoms with Crippen LogP contribution in [0, 0.1) is 13.8 Å². The molecule has 0 aliphatic carbocycles. The van der Waals surface area contributed by atoms with Crippen LogP contribution in [0.15, 0.2) is 18.2 Å². The lowest BCUT2D eigenvalue weighted by atomic mass is 9.95. The van der Waals surface area contributed by atoms with Crippen LogP contribution in [0.1, 0.15) is 36.0 Å². The van der Waals surface area contributed by atoms with Crippen molar-refractivity contribution in [2.75, 3.05) is 6.61 Å². The van der Waals surface area contributed by atoms with Gasteiger partial charge < -0.3 is 5.11 Å². The van der Waals surface area contributed by atoms with Crippen LogP contribution in [0.2, 0.25) is 0 Å². The standard InChI is InChI=1S/C12H18O/c1-9-4-5-12(8-11(9)3)10(2)6-7-13/h4-5,8,10,13H,6-7H2,1-3H3/t10-/m0/s1. The molecule has 0 radical (unpaired) electrons. The number of aliphatic hydroxyl groups is 1. The molecule has 1 aromatic carbocycles. The largest absolute Gasteiger partial charge is 0.396 e. The molecule has 0 heterocycles. The van der Waals surface area contributed by atoms with Crippen molar-refractivity contribution in [2.24, 2.45) is 0 Å². The zero-order chi connectivity index (χ0) is 9.84. The molecule has 13 heavy (non-hydrogen) atoms. The quantitative estimate of drug-likeness (QED) is 0.754. The highest BCUT2D eigenvalue weighted by Gasteiger charge is 2.04. The first-order valence-electron chi connectivity index (χ1n) is 4.83. The molecule has 0 spiro atoms. The molecule has 0 bridgehead atoms. The lowest BCUT2D eigenvalue weighted by molar-refractivity contribution is 0.278. The molecule has 0 saturated carbocycles. The van der Waals surface area contributed by atoms with Crippen LogP contribution in [-0.4, -0.2) is 11.7 Å². The minimum Gasteiger partial charge on any atom is -0.396 e. The van der Waals surface area contributed by atoms with E-state index in [0.29, 0.717) is 5.92 Å². The minimum absolute atomic E-state index is 0.272. The van der Waals surface area contributed by atoms with Gasteiger partial charge in [-0.2, -0.15) is 0 Å². The van der Waals surface area contributed by atoms with E-state index >= 15 is 0 Å². The Morgan fingerprint density at radius 3 is 2.46 bits per heavy atom. The third-order valence-electron chi connectivity index (χ3n) is 2.66. The fourth-order valence-electron chi connectivity index (χ4n) is 1.43. The second-order valence-electron chi connectivity index (χ2n) is 3.76. The van der Waals surface area contributed by atoms with E-state index in [0.717, 1.165) is 6.42 Å². The summed E-state index contributed by atoms with van der Waals surface area (Å²) in [4.78, 5) is 0. The van der Waals surface area contributed by atoms with Crippen molar-refractivity contribution in [3.63, 3.8) is 0 Å². The van der Waals surface area contributed by atoms with Gasteiger partial charge in [0.2, 0.25) is 0 Å². The van der Waals surface area contributed by atoms with Gasteiger partial charge in [0.25, 0.3) is 0 Å². The number of aliphatic hydroxyl groups excluding tert-OH is 1. The zero-order valence-electron chi connectivity index (χ0n) is 8.67. The molecule has 0 aliphatic rings. The Balaban J connectivity index is 2.84. The van der Waals surface area contributed by atoms with E-state index in [1.807, 2.05) is 0 Å². The molecule has 1 rings (SSSR count). The van der Waals surface area contributed by atoms with Crippen molar-refractivity contribution < 1.29 is 5.11 Å². The number of aryl methyl sites for hydroxylation is 2. The van der Waals surface area contributed by atoms with Crippen molar-refractivity contribution in [3.05, 3.63) is 34.9 Å². The first kappa shape index (κ1) is 10.3. The Bertz CT molecular complexity index is 278. The average Bonchev–Trinajstić information content (AvgIpc) is 2.10.